The molecule has 1 aromatic rings. The van der Waals surface area contributed by atoms with E-state index >= 15 is 0 Å². The highest BCUT2D eigenvalue weighted by Crippen LogP contribution is 2.15. The smallest absolute Gasteiger partial charge is 0.258 e. The first-order chi connectivity index (χ1) is 7.63. The summed E-state index contributed by atoms with van der Waals surface area (Å²) < 4.78 is 24.6. The number of nitrogens with one attached hydrogen (secondary N) is 1. The van der Waals surface area contributed by atoms with Crippen LogP contribution in [0.3, 0.4) is 0 Å². The van der Waals surface area contributed by atoms with Crippen molar-refractivity contribution in [2.75, 3.05) is 11.9 Å². The summed E-state index contributed by atoms with van der Waals surface area (Å²) >= 11 is 0. The fourth-order valence-electron chi connectivity index (χ4n) is 1.43. The first kappa shape index (κ1) is 12.9. The second kappa shape index (κ2) is 6.43. The molecule has 0 aromatic heterocycles. The number of anilines is 1. The number of rotatable bonds is 6. The van der Waals surface area contributed by atoms with E-state index in [1.165, 1.54) is 6.92 Å². The van der Waals surface area contributed by atoms with E-state index in [0.717, 1.165) is 12.0 Å². The maximum absolute atomic E-state index is 12.3. The van der Waals surface area contributed by atoms with Crippen LogP contribution in [0.2, 0.25) is 0 Å². The molecule has 0 aliphatic rings. The third-order valence-electron chi connectivity index (χ3n) is 2.32. The molecule has 0 heterocycles. The average Bonchev–Trinajstić information content (AvgIpc) is 2.26. The maximum atomic E-state index is 12.3. The van der Waals surface area contributed by atoms with Crippen LogP contribution in [0.5, 0.6) is 0 Å². The Hall–Kier alpha value is -1.16. The Balaban J connectivity index is 2.59. The van der Waals surface area contributed by atoms with E-state index in [-0.39, 0.29) is 6.61 Å². The number of alkyl halides is 2. The first-order valence-corrected chi connectivity index (χ1v) is 5.38. The van der Waals surface area contributed by atoms with Gasteiger partial charge in [0.15, 0.2) is 0 Å². The topological polar surface area (TPSA) is 32.3 Å². The molecule has 0 fully saturated rings. The van der Waals surface area contributed by atoms with Crippen molar-refractivity contribution in [3.05, 3.63) is 29.8 Å². The van der Waals surface area contributed by atoms with Gasteiger partial charge in [0, 0.05) is 12.3 Å². The number of aliphatic hydroxyl groups excluding tert-OH is 1. The van der Waals surface area contributed by atoms with Crippen molar-refractivity contribution in [3.63, 3.8) is 0 Å². The van der Waals surface area contributed by atoms with E-state index in [1.54, 1.807) is 6.07 Å². The van der Waals surface area contributed by atoms with Crippen molar-refractivity contribution in [2.24, 2.45) is 0 Å². The van der Waals surface area contributed by atoms with E-state index in [0.29, 0.717) is 12.1 Å². The maximum Gasteiger partial charge on any atom is 0.258 e. The van der Waals surface area contributed by atoms with Crippen LogP contribution in [0.4, 0.5) is 14.5 Å². The predicted molar refractivity (Wildman–Crippen MR) is 60.9 cm³/mol. The molecule has 16 heavy (non-hydrogen) atoms. The van der Waals surface area contributed by atoms with Crippen LogP contribution in [-0.2, 0) is 6.42 Å². The molecular weight excluding hydrogens is 212 g/mol. The third kappa shape index (κ3) is 4.14. The second-order valence-corrected chi connectivity index (χ2v) is 3.80. The third-order valence-corrected chi connectivity index (χ3v) is 2.32. The fraction of sp³-hybridized carbons (Fsp3) is 0.500. The Morgan fingerprint density at radius 1 is 1.38 bits per heavy atom. The van der Waals surface area contributed by atoms with Crippen LogP contribution in [0.1, 0.15) is 18.9 Å². The molecule has 0 spiro atoms. The van der Waals surface area contributed by atoms with Gasteiger partial charge >= 0.3 is 0 Å². The van der Waals surface area contributed by atoms with Gasteiger partial charge in [0.05, 0.1) is 6.04 Å². The number of hydrogen-bond acceptors (Lipinski definition) is 2. The normalized spacial score (nSPS) is 12.8. The summed E-state index contributed by atoms with van der Waals surface area (Å²) in [6, 6.07) is 6.50. The van der Waals surface area contributed by atoms with E-state index in [2.05, 4.69) is 5.32 Å². The minimum Gasteiger partial charge on any atom is -0.396 e. The molecule has 1 unspecified atom stereocenters. The SMILES string of the molecule is CC(Nc1cccc(CCCO)c1)C(F)F. The minimum absolute atomic E-state index is 0.144. The lowest BCUT2D eigenvalue weighted by Gasteiger charge is -2.14. The monoisotopic (exact) mass is 229 g/mol. The van der Waals surface area contributed by atoms with Gasteiger partial charge in [-0.2, -0.15) is 0 Å². The van der Waals surface area contributed by atoms with Crippen LogP contribution in [0, 0.1) is 0 Å². The van der Waals surface area contributed by atoms with Crippen molar-refractivity contribution < 1.29 is 13.9 Å². The summed E-state index contributed by atoms with van der Waals surface area (Å²) in [5.74, 6) is 0. The quantitative estimate of drug-likeness (QED) is 0.786. The molecule has 4 heteroatoms. The summed E-state index contributed by atoms with van der Waals surface area (Å²) in [6.07, 6.45) is -0.927. The zero-order valence-electron chi connectivity index (χ0n) is 9.29. The highest BCUT2D eigenvalue weighted by atomic mass is 19.3. The Kier molecular flexibility index (Phi) is 5.19. The summed E-state index contributed by atoms with van der Waals surface area (Å²) in [5.41, 5.74) is 1.74. The van der Waals surface area contributed by atoms with Gasteiger partial charge in [0.1, 0.15) is 0 Å². The standard InChI is InChI=1S/C12H17F2NO/c1-9(12(13)14)15-11-6-2-4-10(8-11)5-3-7-16/h2,4,6,8-9,12,15-16H,3,5,7H2,1H3. The second-order valence-electron chi connectivity index (χ2n) is 3.80. The van der Waals surface area contributed by atoms with Gasteiger partial charge in [-0.15, -0.1) is 0 Å². The van der Waals surface area contributed by atoms with Crippen molar-refractivity contribution in [1.29, 1.82) is 0 Å². The molecule has 0 amide bonds. The Morgan fingerprint density at radius 2 is 2.12 bits per heavy atom. The molecule has 1 atom stereocenters. The average molecular weight is 229 g/mol. The van der Waals surface area contributed by atoms with Gasteiger partial charge in [-0.25, -0.2) is 8.78 Å². The summed E-state index contributed by atoms with van der Waals surface area (Å²) in [7, 11) is 0. The molecule has 0 radical (unpaired) electrons. The molecule has 0 aliphatic carbocycles. The van der Waals surface area contributed by atoms with Crippen molar-refractivity contribution in [2.45, 2.75) is 32.2 Å². The van der Waals surface area contributed by atoms with Gasteiger partial charge < -0.3 is 10.4 Å². The number of halogens is 2. The predicted octanol–water partition coefficient (Wildman–Crippen LogP) is 2.68. The zero-order valence-corrected chi connectivity index (χ0v) is 9.29. The highest BCUT2D eigenvalue weighted by molar-refractivity contribution is 5.46. The highest BCUT2D eigenvalue weighted by Gasteiger charge is 2.13. The lowest BCUT2D eigenvalue weighted by atomic mass is 10.1. The molecule has 0 saturated heterocycles. The molecule has 1 rings (SSSR count). The van der Waals surface area contributed by atoms with Crippen LogP contribution >= 0.6 is 0 Å². The minimum atomic E-state index is -2.37. The van der Waals surface area contributed by atoms with E-state index < -0.39 is 12.5 Å². The molecule has 0 bridgehead atoms. The van der Waals surface area contributed by atoms with Crippen LogP contribution < -0.4 is 5.32 Å². The van der Waals surface area contributed by atoms with E-state index in [4.69, 9.17) is 5.11 Å². The largest absolute Gasteiger partial charge is 0.396 e. The van der Waals surface area contributed by atoms with Crippen LogP contribution in [0.15, 0.2) is 24.3 Å². The number of aliphatic hydroxyl groups is 1. The van der Waals surface area contributed by atoms with Crippen molar-refractivity contribution in [3.8, 4) is 0 Å². The Labute approximate surface area is 94.3 Å². The van der Waals surface area contributed by atoms with Gasteiger partial charge in [-0.3, -0.25) is 0 Å². The zero-order chi connectivity index (χ0) is 12.0. The van der Waals surface area contributed by atoms with Gasteiger partial charge in [-0.05, 0) is 37.5 Å². The van der Waals surface area contributed by atoms with E-state index in [9.17, 15) is 8.78 Å². The summed E-state index contributed by atoms with van der Waals surface area (Å²) in [6.45, 7) is 1.59. The lowest BCUT2D eigenvalue weighted by molar-refractivity contribution is 0.131. The van der Waals surface area contributed by atoms with Crippen LogP contribution in [-0.4, -0.2) is 24.2 Å². The van der Waals surface area contributed by atoms with E-state index in [1.807, 2.05) is 18.2 Å². The summed E-state index contributed by atoms with van der Waals surface area (Å²) in [4.78, 5) is 0. The molecule has 0 aliphatic heterocycles. The van der Waals surface area contributed by atoms with Gasteiger partial charge in [0.2, 0.25) is 0 Å². The van der Waals surface area contributed by atoms with Gasteiger partial charge in [-0.1, -0.05) is 12.1 Å². The summed E-state index contributed by atoms with van der Waals surface area (Å²) in [5, 5.41) is 11.4. The van der Waals surface area contributed by atoms with Crippen LogP contribution in [0.25, 0.3) is 0 Å². The Bertz CT molecular complexity index is 318. The van der Waals surface area contributed by atoms with Gasteiger partial charge in [0.25, 0.3) is 6.43 Å². The molecular formula is C12H17F2NO. The molecule has 90 valence electrons. The molecule has 1 aromatic carbocycles. The molecule has 0 saturated carbocycles. The lowest BCUT2D eigenvalue weighted by Crippen LogP contribution is -2.23. The Morgan fingerprint density at radius 3 is 2.75 bits per heavy atom. The molecule has 2 nitrogen and oxygen atoms in total. The number of hydrogen-bond donors (Lipinski definition) is 2. The number of benzene rings is 1. The number of aryl methyl sites for hydroxylation is 1. The van der Waals surface area contributed by atoms with Crippen molar-refractivity contribution >= 4 is 5.69 Å². The van der Waals surface area contributed by atoms with Crippen molar-refractivity contribution in [1.82, 2.24) is 0 Å². The fourth-order valence-corrected chi connectivity index (χ4v) is 1.43. The molecule has 2 N–H and O–H groups in total. The first-order valence-electron chi connectivity index (χ1n) is 5.38.